The molecule has 0 aliphatic carbocycles. The molecule has 0 aliphatic rings. The lowest BCUT2D eigenvalue weighted by Gasteiger charge is -2.21. The highest BCUT2D eigenvalue weighted by molar-refractivity contribution is 5.61. The second kappa shape index (κ2) is 6.04. The lowest BCUT2D eigenvalue weighted by molar-refractivity contribution is 0.125. The number of nitrogens with one attached hydrogen (secondary N) is 1. The molecule has 0 aliphatic heterocycles. The van der Waals surface area contributed by atoms with Gasteiger partial charge in [0.25, 0.3) is 0 Å². The summed E-state index contributed by atoms with van der Waals surface area (Å²) in [5.41, 5.74) is 8.42. The van der Waals surface area contributed by atoms with Crippen molar-refractivity contribution in [1.29, 1.82) is 0 Å². The normalized spacial score (nSPS) is 11.2. The van der Waals surface area contributed by atoms with Gasteiger partial charge >= 0.3 is 0 Å². The number of nitrogen functional groups attached to an aromatic ring is 1. The van der Waals surface area contributed by atoms with E-state index in [9.17, 15) is 0 Å². The fourth-order valence-electron chi connectivity index (χ4n) is 1.91. The number of nitrogens with two attached hydrogens (primary N) is 1. The van der Waals surface area contributed by atoms with Gasteiger partial charge in [0.2, 0.25) is 5.88 Å². The van der Waals surface area contributed by atoms with Gasteiger partial charge in [-0.2, -0.15) is 4.98 Å². The number of nitrogens with zero attached hydrogens (tertiary/aromatic N) is 1. The fraction of sp³-hybridized carbons (Fsp3) is 0.353. The van der Waals surface area contributed by atoms with Crippen molar-refractivity contribution in [1.82, 2.24) is 4.98 Å². The van der Waals surface area contributed by atoms with Crippen LogP contribution in [0, 0.1) is 0 Å². The Labute approximate surface area is 126 Å². The van der Waals surface area contributed by atoms with E-state index < -0.39 is 0 Å². The first-order valence-electron chi connectivity index (χ1n) is 7.19. The molecule has 0 unspecified atom stereocenters. The predicted octanol–water partition coefficient (Wildman–Crippen LogP) is 4.15. The summed E-state index contributed by atoms with van der Waals surface area (Å²) in [5, 5.41) is 3.29. The van der Waals surface area contributed by atoms with Crippen molar-refractivity contribution in [3.63, 3.8) is 0 Å². The van der Waals surface area contributed by atoms with Crippen LogP contribution in [0.25, 0.3) is 0 Å². The van der Waals surface area contributed by atoms with Crippen molar-refractivity contribution >= 4 is 17.2 Å². The van der Waals surface area contributed by atoms with E-state index in [0.717, 1.165) is 17.9 Å². The standard InChI is InChI=1S/C17H23N3O/c1-5-12-7-6-8-13(11-12)19-15-10-9-14(18)16(20-15)21-17(2,3)4/h6-11H,5,18H2,1-4H3,(H,19,20). The molecule has 0 amide bonds. The van der Waals surface area contributed by atoms with E-state index in [4.69, 9.17) is 10.5 Å². The molecule has 0 bridgehead atoms. The first kappa shape index (κ1) is 15.2. The van der Waals surface area contributed by atoms with Crippen LogP contribution in [0.1, 0.15) is 33.3 Å². The van der Waals surface area contributed by atoms with Gasteiger partial charge in [0.05, 0.1) is 5.69 Å². The number of hydrogen-bond donors (Lipinski definition) is 2. The van der Waals surface area contributed by atoms with Crippen molar-refractivity contribution in [3.05, 3.63) is 42.0 Å². The molecule has 4 nitrogen and oxygen atoms in total. The molecule has 0 spiro atoms. The molecule has 4 heteroatoms. The maximum atomic E-state index is 5.92. The first-order chi connectivity index (χ1) is 9.87. The second-order valence-electron chi connectivity index (χ2n) is 5.98. The summed E-state index contributed by atoms with van der Waals surface area (Å²) in [7, 11) is 0. The van der Waals surface area contributed by atoms with Crippen molar-refractivity contribution in [2.45, 2.75) is 39.7 Å². The average Bonchev–Trinajstić information content (AvgIpc) is 2.41. The molecule has 3 N–H and O–H groups in total. The molecule has 21 heavy (non-hydrogen) atoms. The molecule has 0 atom stereocenters. The van der Waals surface area contributed by atoms with Crippen LogP contribution in [0.4, 0.5) is 17.2 Å². The van der Waals surface area contributed by atoms with Gasteiger partial charge in [-0.3, -0.25) is 0 Å². The minimum atomic E-state index is -0.331. The summed E-state index contributed by atoms with van der Waals surface area (Å²) in [6.07, 6.45) is 1.00. The van der Waals surface area contributed by atoms with Gasteiger partial charge in [-0.05, 0) is 57.0 Å². The Kier molecular flexibility index (Phi) is 4.36. The zero-order chi connectivity index (χ0) is 15.5. The van der Waals surface area contributed by atoms with Crippen LogP contribution in [-0.4, -0.2) is 10.6 Å². The van der Waals surface area contributed by atoms with E-state index in [0.29, 0.717) is 11.6 Å². The second-order valence-corrected chi connectivity index (χ2v) is 5.98. The van der Waals surface area contributed by atoms with Crippen LogP contribution in [0.3, 0.4) is 0 Å². The lowest BCUT2D eigenvalue weighted by Crippen LogP contribution is -2.24. The van der Waals surface area contributed by atoms with Crippen molar-refractivity contribution in [3.8, 4) is 5.88 Å². The van der Waals surface area contributed by atoms with E-state index in [1.807, 2.05) is 39.0 Å². The van der Waals surface area contributed by atoms with E-state index in [1.165, 1.54) is 5.56 Å². The van der Waals surface area contributed by atoms with Crippen LogP contribution < -0.4 is 15.8 Å². The highest BCUT2D eigenvalue weighted by Crippen LogP contribution is 2.26. The van der Waals surface area contributed by atoms with Gasteiger partial charge in [0.1, 0.15) is 11.4 Å². The molecule has 1 aromatic carbocycles. The van der Waals surface area contributed by atoms with Gasteiger partial charge in [-0.15, -0.1) is 0 Å². The predicted molar refractivity (Wildman–Crippen MR) is 88.1 cm³/mol. The molecule has 2 rings (SSSR count). The Bertz CT molecular complexity index is 618. The Morgan fingerprint density at radius 1 is 1.19 bits per heavy atom. The molecule has 0 saturated heterocycles. The fourth-order valence-corrected chi connectivity index (χ4v) is 1.91. The summed E-state index contributed by atoms with van der Waals surface area (Å²) in [6, 6.07) is 11.9. The zero-order valence-electron chi connectivity index (χ0n) is 13.1. The van der Waals surface area contributed by atoms with E-state index in [1.54, 1.807) is 6.07 Å². The van der Waals surface area contributed by atoms with Gasteiger partial charge in [-0.25, -0.2) is 0 Å². The highest BCUT2D eigenvalue weighted by Gasteiger charge is 2.15. The maximum Gasteiger partial charge on any atom is 0.239 e. The summed E-state index contributed by atoms with van der Waals surface area (Å²) in [5.74, 6) is 1.18. The number of hydrogen-bond acceptors (Lipinski definition) is 4. The number of aryl methyl sites for hydroxylation is 1. The summed E-state index contributed by atoms with van der Waals surface area (Å²) < 4.78 is 5.78. The van der Waals surface area contributed by atoms with Crippen LogP contribution in [0.5, 0.6) is 5.88 Å². The maximum absolute atomic E-state index is 5.92. The quantitative estimate of drug-likeness (QED) is 0.886. The topological polar surface area (TPSA) is 60.2 Å². The largest absolute Gasteiger partial charge is 0.470 e. The monoisotopic (exact) mass is 285 g/mol. The van der Waals surface area contributed by atoms with Crippen molar-refractivity contribution in [2.24, 2.45) is 0 Å². The summed E-state index contributed by atoms with van der Waals surface area (Å²) >= 11 is 0. The lowest BCUT2D eigenvalue weighted by atomic mass is 10.1. The SMILES string of the molecule is CCc1cccc(Nc2ccc(N)c(OC(C)(C)C)n2)c1. The Hall–Kier alpha value is -2.23. The third kappa shape index (κ3) is 4.38. The van der Waals surface area contributed by atoms with Crippen molar-refractivity contribution < 1.29 is 4.74 Å². The number of aromatic nitrogens is 1. The number of benzene rings is 1. The van der Waals surface area contributed by atoms with E-state index in [-0.39, 0.29) is 5.60 Å². The number of anilines is 3. The highest BCUT2D eigenvalue weighted by atomic mass is 16.5. The summed E-state index contributed by atoms with van der Waals surface area (Å²) in [4.78, 5) is 4.45. The van der Waals surface area contributed by atoms with Gasteiger partial charge in [0, 0.05) is 5.69 Å². The van der Waals surface area contributed by atoms with Gasteiger partial charge in [0.15, 0.2) is 0 Å². The van der Waals surface area contributed by atoms with E-state index >= 15 is 0 Å². The molecular formula is C17H23N3O. The van der Waals surface area contributed by atoms with Gasteiger partial charge < -0.3 is 15.8 Å². The zero-order valence-corrected chi connectivity index (χ0v) is 13.1. The van der Waals surface area contributed by atoms with Crippen LogP contribution in [0.15, 0.2) is 36.4 Å². The minimum Gasteiger partial charge on any atom is -0.470 e. The number of rotatable bonds is 4. The first-order valence-corrected chi connectivity index (χ1v) is 7.19. The molecule has 0 radical (unpaired) electrons. The molecule has 1 aromatic heterocycles. The third-order valence-corrected chi connectivity index (χ3v) is 2.90. The average molecular weight is 285 g/mol. The smallest absolute Gasteiger partial charge is 0.239 e. The van der Waals surface area contributed by atoms with Crippen LogP contribution in [-0.2, 0) is 6.42 Å². The Balaban J connectivity index is 2.22. The molecule has 1 heterocycles. The number of ether oxygens (including phenoxy) is 1. The van der Waals surface area contributed by atoms with E-state index in [2.05, 4.69) is 29.4 Å². The molecule has 0 saturated carbocycles. The van der Waals surface area contributed by atoms with Crippen LogP contribution in [0.2, 0.25) is 0 Å². The molecule has 0 fully saturated rings. The summed E-state index contributed by atoms with van der Waals surface area (Å²) in [6.45, 7) is 8.05. The third-order valence-electron chi connectivity index (χ3n) is 2.90. The Morgan fingerprint density at radius 2 is 1.95 bits per heavy atom. The van der Waals surface area contributed by atoms with Crippen LogP contribution >= 0.6 is 0 Å². The molecule has 112 valence electrons. The van der Waals surface area contributed by atoms with Gasteiger partial charge in [-0.1, -0.05) is 19.1 Å². The molecular weight excluding hydrogens is 262 g/mol. The minimum absolute atomic E-state index is 0.331. The van der Waals surface area contributed by atoms with Crippen molar-refractivity contribution in [2.75, 3.05) is 11.1 Å². The number of pyridine rings is 1. The Morgan fingerprint density at radius 3 is 2.62 bits per heavy atom. The molecule has 2 aromatic rings.